The van der Waals surface area contributed by atoms with Crippen LogP contribution in [0.2, 0.25) is 0 Å². The molecule has 0 heterocycles. The van der Waals surface area contributed by atoms with Crippen molar-refractivity contribution < 1.29 is 0 Å². The first-order chi connectivity index (χ1) is 8.28. The van der Waals surface area contributed by atoms with Gasteiger partial charge >= 0.3 is 0 Å². The van der Waals surface area contributed by atoms with Crippen LogP contribution in [0.15, 0.2) is 48.5 Å². The molecule has 2 aromatic rings. The van der Waals surface area contributed by atoms with Gasteiger partial charge in [0.05, 0.1) is 0 Å². The van der Waals surface area contributed by atoms with Gasteiger partial charge in [-0.15, -0.1) is 0 Å². The van der Waals surface area contributed by atoms with Crippen LogP contribution in [0, 0.1) is 11.8 Å². The van der Waals surface area contributed by atoms with Gasteiger partial charge in [-0.25, -0.2) is 0 Å². The van der Waals surface area contributed by atoms with Crippen LogP contribution < -0.4 is 0 Å². The van der Waals surface area contributed by atoms with Gasteiger partial charge in [0, 0.05) is 5.41 Å². The highest BCUT2D eigenvalue weighted by Gasteiger charge is 2.64. The topological polar surface area (TPSA) is 0 Å². The molecule has 0 heteroatoms. The molecule has 0 unspecified atom stereocenters. The summed E-state index contributed by atoms with van der Waals surface area (Å²) in [6.45, 7) is 4.78. The van der Waals surface area contributed by atoms with E-state index >= 15 is 0 Å². The monoisotopic (exact) mass is 220 g/mol. The number of benzene rings is 2. The Bertz CT molecular complexity index is 553. The van der Waals surface area contributed by atoms with Gasteiger partial charge in [0.1, 0.15) is 0 Å². The molecule has 0 radical (unpaired) electrons. The molecular formula is C17H16. The molecule has 2 aromatic carbocycles. The van der Waals surface area contributed by atoms with Gasteiger partial charge in [-0.3, -0.25) is 0 Å². The number of hydrogen-bond acceptors (Lipinski definition) is 0. The summed E-state index contributed by atoms with van der Waals surface area (Å²) in [6.07, 6.45) is 0. The molecule has 0 bridgehead atoms. The van der Waals surface area contributed by atoms with Crippen LogP contribution in [-0.4, -0.2) is 0 Å². The third kappa shape index (κ3) is 0.878. The maximum Gasteiger partial charge on any atom is 0.0272 e. The van der Waals surface area contributed by atoms with Gasteiger partial charge < -0.3 is 0 Å². The van der Waals surface area contributed by atoms with Crippen molar-refractivity contribution in [1.82, 2.24) is 0 Å². The summed E-state index contributed by atoms with van der Waals surface area (Å²) < 4.78 is 0. The number of hydrogen-bond donors (Lipinski definition) is 0. The zero-order valence-corrected chi connectivity index (χ0v) is 10.3. The van der Waals surface area contributed by atoms with Crippen molar-refractivity contribution in [2.24, 2.45) is 11.8 Å². The quantitative estimate of drug-likeness (QED) is 0.623. The van der Waals surface area contributed by atoms with Crippen LogP contribution in [0.4, 0.5) is 0 Å². The fourth-order valence-electron chi connectivity index (χ4n) is 4.06. The van der Waals surface area contributed by atoms with Crippen LogP contribution >= 0.6 is 0 Å². The molecule has 17 heavy (non-hydrogen) atoms. The summed E-state index contributed by atoms with van der Waals surface area (Å²) in [5.41, 5.74) is 6.36. The Morgan fingerprint density at radius 1 is 0.706 bits per heavy atom. The molecule has 1 spiro atoms. The van der Waals surface area contributed by atoms with Crippen molar-refractivity contribution in [2.45, 2.75) is 19.3 Å². The number of rotatable bonds is 0. The minimum absolute atomic E-state index is 0.327. The van der Waals surface area contributed by atoms with Crippen LogP contribution in [0.5, 0.6) is 0 Å². The molecule has 4 rings (SSSR count). The molecule has 2 aliphatic rings. The van der Waals surface area contributed by atoms with Crippen LogP contribution in [0.3, 0.4) is 0 Å². The van der Waals surface area contributed by atoms with E-state index in [0.717, 1.165) is 11.8 Å². The highest BCUT2D eigenvalue weighted by atomic mass is 14.7. The lowest BCUT2D eigenvalue weighted by Gasteiger charge is -2.13. The Hall–Kier alpha value is -1.56. The Morgan fingerprint density at radius 3 is 1.53 bits per heavy atom. The van der Waals surface area contributed by atoms with Crippen molar-refractivity contribution >= 4 is 0 Å². The highest BCUT2D eigenvalue weighted by Crippen LogP contribution is 2.69. The maximum atomic E-state index is 2.39. The average Bonchev–Trinajstić information content (AvgIpc) is 2.81. The molecule has 0 amide bonds. The van der Waals surface area contributed by atoms with Gasteiger partial charge in [0.2, 0.25) is 0 Å². The summed E-state index contributed by atoms with van der Waals surface area (Å²) in [6, 6.07) is 17.9. The minimum Gasteiger partial charge on any atom is -0.0619 e. The van der Waals surface area contributed by atoms with E-state index in [-0.39, 0.29) is 0 Å². The lowest BCUT2D eigenvalue weighted by atomic mass is 9.90. The van der Waals surface area contributed by atoms with Crippen molar-refractivity contribution in [2.75, 3.05) is 0 Å². The van der Waals surface area contributed by atoms with E-state index in [9.17, 15) is 0 Å². The lowest BCUT2D eigenvalue weighted by Crippen LogP contribution is -2.08. The summed E-state index contributed by atoms with van der Waals surface area (Å²) in [5.74, 6) is 1.54. The Kier molecular flexibility index (Phi) is 1.57. The van der Waals surface area contributed by atoms with Gasteiger partial charge in [0.25, 0.3) is 0 Å². The Balaban J connectivity index is 2.11. The van der Waals surface area contributed by atoms with E-state index in [1.54, 1.807) is 11.1 Å². The normalized spacial score (nSPS) is 26.7. The van der Waals surface area contributed by atoms with Gasteiger partial charge in [-0.05, 0) is 34.1 Å². The second-order valence-electron chi connectivity index (χ2n) is 5.54. The summed E-state index contributed by atoms with van der Waals surface area (Å²) in [7, 11) is 0. The molecule has 0 aliphatic heterocycles. The van der Waals surface area contributed by atoms with E-state index in [0.29, 0.717) is 5.41 Å². The molecular weight excluding hydrogens is 204 g/mol. The summed E-state index contributed by atoms with van der Waals surface area (Å²) in [4.78, 5) is 0. The first-order valence-electron chi connectivity index (χ1n) is 6.47. The van der Waals surface area contributed by atoms with E-state index < -0.39 is 0 Å². The van der Waals surface area contributed by atoms with E-state index in [1.807, 2.05) is 0 Å². The molecule has 0 nitrogen and oxygen atoms in total. The molecule has 2 atom stereocenters. The van der Waals surface area contributed by atoms with Crippen molar-refractivity contribution in [3.63, 3.8) is 0 Å². The molecule has 1 fully saturated rings. The molecule has 0 N–H and O–H groups in total. The Morgan fingerprint density at radius 2 is 1.12 bits per heavy atom. The van der Waals surface area contributed by atoms with Crippen LogP contribution in [0.25, 0.3) is 11.1 Å². The third-order valence-corrected chi connectivity index (χ3v) is 5.11. The van der Waals surface area contributed by atoms with Crippen LogP contribution in [-0.2, 0) is 5.41 Å². The second-order valence-corrected chi connectivity index (χ2v) is 5.54. The second kappa shape index (κ2) is 2.81. The molecule has 2 aliphatic carbocycles. The largest absolute Gasteiger partial charge is 0.0619 e. The molecule has 0 saturated heterocycles. The fraction of sp³-hybridized carbons (Fsp3) is 0.294. The predicted molar refractivity (Wildman–Crippen MR) is 71.0 cm³/mol. The first kappa shape index (κ1) is 9.47. The van der Waals surface area contributed by atoms with Gasteiger partial charge in [-0.1, -0.05) is 62.4 Å². The summed E-state index contributed by atoms with van der Waals surface area (Å²) in [5, 5.41) is 0. The fourth-order valence-corrected chi connectivity index (χ4v) is 4.06. The van der Waals surface area contributed by atoms with E-state index in [1.165, 1.54) is 11.1 Å². The predicted octanol–water partition coefficient (Wildman–Crippen LogP) is 4.24. The zero-order chi connectivity index (χ0) is 11.6. The third-order valence-electron chi connectivity index (χ3n) is 5.11. The SMILES string of the molecule is C[C@H]1[C@H](C)C12c1ccccc1-c1ccccc12. The lowest BCUT2D eigenvalue weighted by molar-refractivity contribution is 0.755. The van der Waals surface area contributed by atoms with Gasteiger partial charge in [-0.2, -0.15) is 0 Å². The van der Waals surface area contributed by atoms with Crippen LogP contribution in [0.1, 0.15) is 25.0 Å². The standard InChI is InChI=1S/C17H16/c1-11-12(2)17(11)15-9-5-3-7-13(15)14-8-4-6-10-16(14)17/h3-12H,1-2H3/t11-,12-/m0/s1. The van der Waals surface area contributed by atoms with E-state index in [4.69, 9.17) is 0 Å². The number of fused-ring (bicyclic) bond motifs is 5. The average molecular weight is 220 g/mol. The van der Waals surface area contributed by atoms with E-state index in [2.05, 4.69) is 62.4 Å². The van der Waals surface area contributed by atoms with Crippen molar-refractivity contribution in [3.8, 4) is 11.1 Å². The summed E-state index contributed by atoms with van der Waals surface area (Å²) >= 11 is 0. The molecule has 0 aromatic heterocycles. The maximum absolute atomic E-state index is 2.39. The smallest absolute Gasteiger partial charge is 0.0272 e. The van der Waals surface area contributed by atoms with Crippen molar-refractivity contribution in [1.29, 1.82) is 0 Å². The molecule has 84 valence electrons. The Labute approximate surface area is 102 Å². The molecule has 1 saturated carbocycles. The first-order valence-corrected chi connectivity index (χ1v) is 6.47. The van der Waals surface area contributed by atoms with Gasteiger partial charge in [0.15, 0.2) is 0 Å². The van der Waals surface area contributed by atoms with Crippen molar-refractivity contribution in [3.05, 3.63) is 59.7 Å². The highest BCUT2D eigenvalue weighted by molar-refractivity contribution is 5.83. The minimum atomic E-state index is 0.327. The zero-order valence-electron chi connectivity index (χ0n) is 10.3.